The zero-order chi connectivity index (χ0) is 20.5. The summed E-state index contributed by atoms with van der Waals surface area (Å²) in [4.78, 5) is 0. The summed E-state index contributed by atoms with van der Waals surface area (Å²) in [5.74, 6) is 2.49. The average molecular weight is 467 g/mol. The van der Waals surface area contributed by atoms with Crippen LogP contribution in [0.1, 0.15) is 48.1 Å². The van der Waals surface area contributed by atoms with Gasteiger partial charge >= 0.3 is 0 Å². The van der Waals surface area contributed by atoms with E-state index in [-0.39, 0.29) is 0 Å². The normalized spacial score (nSPS) is 17.8. The second-order valence-electron chi connectivity index (χ2n) is 8.26. The topological polar surface area (TPSA) is 31.6 Å². The van der Waals surface area contributed by atoms with E-state index < -0.39 is 0 Å². The molecule has 3 nitrogen and oxygen atoms in total. The molecular weight excluding hydrogens is 440 g/mol. The second kappa shape index (κ2) is 8.60. The Labute approximate surface area is 186 Å². The molecule has 1 aromatic heterocycles. The Morgan fingerprint density at radius 3 is 2.70 bits per heavy atom. The number of benzene rings is 2. The summed E-state index contributed by atoms with van der Waals surface area (Å²) in [6, 6.07) is 15.4. The highest BCUT2D eigenvalue weighted by Gasteiger charge is 2.26. The Hall–Kier alpha value is -2.04. The molecule has 0 bridgehead atoms. The van der Waals surface area contributed by atoms with E-state index in [1.807, 2.05) is 0 Å². The summed E-state index contributed by atoms with van der Waals surface area (Å²) in [7, 11) is 1.74. The molecule has 2 aliphatic rings. The van der Waals surface area contributed by atoms with E-state index in [1.165, 1.54) is 28.7 Å². The number of hydrogen-bond acceptors (Lipinski definition) is 3. The van der Waals surface area contributed by atoms with Crippen LogP contribution in [-0.2, 0) is 16.5 Å². The minimum atomic E-state index is 0.590. The van der Waals surface area contributed by atoms with Crippen molar-refractivity contribution in [3.63, 3.8) is 0 Å². The number of ether oxygens (including phenoxy) is 2. The predicted molar refractivity (Wildman–Crippen MR) is 124 cm³/mol. The molecule has 5 rings (SSSR count). The summed E-state index contributed by atoms with van der Waals surface area (Å²) in [5.41, 5.74) is 7.94. The number of aryl methyl sites for hydroxylation is 1. The van der Waals surface area contributed by atoms with Crippen LogP contribution >= 0.6 is 15.9 Å². The van der Waals surface area contributed by atoms with Gasteiger partial charge in [-0.1, -0.05) is 39.7 Å². The molecule has 3 aromatic rings. The molecule has 0 amide bonds. The maximum atomic E-state index is 6.08. The molecule has 1 aliphatic carbocycles. The van der Waals surface area contributed by atoms with Gasteiger partial charge in [0.25, 0.3) is 0 Å². The zero-order valence-electron chi connectivity index (χ0n) is 17.4. The Kier molecular flexibility index (Phi) is 5.70. The van der Waals surface area contributed by atoms with Crippen molar-refractivity contribution in [1.29, 1.82) is 0 Å². The summed E-state index contributed by atoms with van der Waals surface area (Å²) >= 11 is 3.51. The molecule has 1 aliphatic heterocycles. The first kappa shape index (κ1) is 19.9. The number of halogens is 1. The van der Waals surface area contributed by atoms with Gasteiger partial charge in [-0.25, -0.2) is 0 Å². The number of furan rings is 1. The van der Waals surface area contributed by atoms with Gasteiger partial charge in [0.15, 0.2) is 0 Å². The number of alkyl halides is 1. The third kappa shape index (κ3) is 3.72. The van der Waals surface area contributed by atoms with E-state index in [1.54, 1.807) is 12.7 Å². The van der Waals surface area contributed by atoms with Crippen molar-refractivity contribution in [2.24, 2.45) is 5.92 Å². The summed E-state index contributed by atoms with van der Waals surface area (Å²) in [5, 5.41) is 1.89. The fraction of sp³-hybridized carbons (Fsp3) is 0.385. The molecule has 0 spiro atoms. The lowest BCUT2D eigenvalue weighted by Crippen LogP contribution is -2.18. The van der Waals surface area contributed by atoms with Crippen molar-refractivity contribution in [3.8, 4) is 5.75 Å². The zero-order valence-corrected chi connectivity index (χ0v) is 19.0. The third-order valence-electron chi connectivity index (χ3n) is 6.50. The third-order valence-corrected chi connectivity index (χ3v) is 7.05. The van der Waals surface area contributed by atoms with Gasteiger partial charge in [0.2, 0.25) is 0 Å². The van der Waals surface area contributed by atoms with Crippen LogP contribution in [0, 0.1) is 5.92 Å². The van der Waals surface area contributed by atoms with E-state index in [2.05, 4.69) is 58.4 Å². The first-order valence-corrected chi connectivity index (χ1v) is 12.0. The molecule has 0 unspecified atom stereocenters. The molecular formula is C26H27BrO3. The Morgan fingerprint density at radius 1 is 1.03 bits per heavy atom. The Bertz CT molecular complexity index is 1090. The SMILES string of the molecule is COc1ccc2c(c1)CCCC(C1CCOCC1)=C2c1ccc2cc(CBr)oc2c1. The highest BCUT2D eigenvalue weighted by molar-refractivity contribution is 9.08. The number of hydrogen-bond donors (Lipinski definition) is 0. The molecule has 4 heteroatoms. The second-order valence-corrected chi connectivity index (χ2v) is 8.82. The number of methoxy groups -OCH3 is 1. The van der Waals surface area contributed by atoms with Crippen molar-refractivity contribution < 1.29 is 13.9 Å². The van der Waals surface area contributed by atoms with Crippen LogP contribution in [0.4, 0.5) is 0 Å². The van der Waals surface area contributed by atoms with Crippen molar-refractivity contribution >= 4 is 32.5 Å². The molecule has 1 saturated heterocycles. The molecule has 1 fully saturated rings. The lowest BCUT2D eigenvalue weighted by atomic mass is 9.81. The van der Waals surface area contributed by atoms with Crippen LogP contribution in [0.3, 0.4) is 0 Å². The van der Waals surface area contributed by atoms with Gasteiger partial charge < -0.3 is 13.9 Å². The minimum absolute atomic E-state index is 0.590. The summed E-state index contributed by atoms with van der Waals surface area (Å²) in [6.45, 7) is 1.73. The molecule has 30 heavy (non-hydrogen) atoms. The number of rotatable bonds is 4. The van der Waals surface area contributed by atoms with Gasteiger partial charge in [0, 0.05) is 18.6 Å². The van der Waals surface area contributed by atoms with Crippen LogP contribution in [0.5, 0.6) is 5.75 Å². The molecule has 0 radical (unpaired) electrons. The van der Waals surface area contributed by atoms with Gasteiger partial charge in [-0.2, -0.15) is 0 Å². The highest BCUT2D eigenvalue weighted by Crippen LogP contribution is 2.42. The monoisotopic (exact) mass is 466 g/mol. The smallest absolute Gasteiger partial charge is 0.134 e. The number of allylic oxidation sites excluding steroid dienone is 1. The molecule has 0 N–H and O–H groups in total. The van der Waals surface area contributed by atoms with Gasteiger partial charge in [-0.05, 0) is 84.6 Å². The average Bonchev–Trinajstić information content (AvgIpc) is 3.12. The van der Waals surface area contributed by atoms with Crippen LogP contribution in [0.15, 0.2) is 52.5 Å². The minimum Gasteiger partial charge on any atom is -0.497 e. The van der Waals surface area contributed by atoms with Crippen molar-refractivity contribution in [1.82, 2.24) is 0 Å². The Balaban J connectivity index is 1.70. The highest BCUT2D eigenvalue weighted by atomic mass is 79.9. The molecule has 2 aromatic carbocycles. The van der Waals surface area contributed by atoms with Crippen LogP contribution in [0.2, 0.25) is 0 Å². The van der Waals surface area contributed by atoms with Crippen LogP contribution in [-0.4, -0.2) is 20.3 Å². The molecule has 156 valence electrons. The predicted octanol–water partition coefficient (Wildman–Crippen LogP) is 6.90. The van der Waals surface area contributed by atoms with E-state index >= 15 is 0 Å². The fourth-order valence-electron chi connectivity index (χ4n) is 5.02. The van der Waals surface area contributed by atoms with Crippen LogP contribution < -0.4 is 4.74 Å². The molecule has 2 heterocycles. The Morgan fingerprint density at radius 2 is 1.90 bits per heavy atom. The van der Waals surface area contributed by atoms with Crippen LogP contribution in [0.25, 0.3) is 16.5 Å². The van der Waals surface area contributed by atoms with Gasteiger partial charge in [0.05, 0.1) is 12.4 Å². The van der Waals surface area contributed by atoms with Gasteiger partial charge in [-0.15, -0.1) is 0 Å². The first-order valence-electron chi connectivity index (χ1n) is 10.8. The van der Waals surface area contributed by atoms with Crippen molar-refractivity contribution in [3.05, 3.63) is 70.5 Å². The maximum Gasteiger partial charge on any atom is 0.134 e. The van der Waals surface area contributed by atoms with Crippen molar-refractivity contribution in [2.75, 3.05) is 20.3 Å². The van der Waals surface area contributed by atoms with E-state index in [4.69, 9.17) is 13.9 Å². The van der Waals surface area contributed by atoms with E-state index in [0.29, 0.717) is 5.92 Å². The molecule has 0 atom stereocenters. The standard InChI is InChI=1S/C26H27BrO3/c1-28-21-7-8-24-18(13-21)3-2-4-23(17-9-11-29-12-10-17)26(24)20-6-5-19-14-22(16-27)30-25(19)15-20/h5-8,13-15,17H,2-4,9-12,16H2,1H3. The van der Waals surface area contributed by atoms with E-state index in [0.717, 1.165) is 66.7 Å². The molecule has 0 saturated carbocycles. The number of fused-ring (bicyclic) bond motifs is 2. The van der Waals surface area contributed by atoms with Crippen molar-refractivity contribution in [2.45, 2.75) is 37.4 Å². The summed E-state index contributed by atoms with van der Waals surface area (Å²) < 4.78 is 17.3. The van der Waals surface area contributed by atoms with E-state index in [9.17, 15) is 0 Å². The lowest BCUT2D eigenvalue weighted by molar-refractivity contribution is 0.0751. The first-order chi connectivity index (χ1) is 14.8. The van der Waals surface area contributed by atoms with Gasteiger partial charge in [-0.3, -0.25) is 0 Å². The summed E-state index contributed by atoms with van der Waals surface area (Å²) in [6.07, 6.45) is 5.62. The fourth-order valence-corrected chi connectivity index (χ4v) is 5.29. The lowest BCUT2D eigenvalue weighted by Gasteiger charge is -2.27. The maximum absolute atomic E-state index is 6.08. The van der Waals surface area contributed by atoms with Gasteiger partial charge in [0.1, 0.15) is 17.1 Å². The quantitative estimate of drug-likeness (QED) is 0.391. The largest absolute Gasteiger partial charge is 0.497 e.